The lowest BCUT2D eigenvalue weighted by atomic mass is 10.2. The Balaban J connectivity index is 1.93. The van der Waals surface area contributed by atoms with Crippen molar-refractivity contribution in [3.8, 4) is 5.75 Å². The van der Waals surface area contributed by atoms with Gasteiger partial charge in [-0.05, 0) is 30.3 Å². The van der Waals surface area contributed by atoms with E-state index >= 15 is 0 Å². The van der Waals surface area contributed by atoms with Crippen LogP contribution in [0.25, 0.3) is 0 Å². The Hall–Kier alpha value is -2.30. The highest BCUT2D eigenvalue weighted by atomic mass is 19.1. The molecule has 0 aliphatic rings. The maximum absolute atomic E-state index is 13.0. The van der Waals surface area contributed by atoms with Gasteiger partial charge in [-0.15, -0.1) is 0 Å². The van der Waals surface area contributed by atoms with Gasteiger partial charge in [0.25, 0.3) is 5.91 Å². The van der Waals surface area contributed by atoms with Crippen molar-refractivity contribution in [3.63, 3.8) is 0 Å². The number of halogens is 1. The van der Waals surface area contributed by atoms with E-state index in [0.29, 0.717) is 13.1 Å². The second-order valence-corrected chi connectivity index (χ2v) is 3.84. The van der Waals surface area contributed by atoms with Crippen LogP contribution in [0.2, 0.25) is 0 Å². The van der Waals surface area contributed by atoms with Crippen LogP contribution in [0.4, 0.5) is 4.39 Å². The average Bonchev–Trinajstić information content (AvgIpc) is 2.85. The van der Waals surface area contributed by atoms with Crippen molar-refractivity contribution in [2.75, 3.05) is 6.54 Å². The molecule has 4 nitrogen and oxygen atoms in total. The molecule has 0 aliphatic heterocycles. The Bertz CT molecular complexity index is 538. The maximum atomic E-state index is 13.0. The number of nitrogens with one attached hydrogen (secondary N) is 1. The van der Waals surface area contributed by atoms with E-state index in [4.69, 9.17) is 0 Å². The van der Waals surface area contributed by atoms with Crippen molar-refractivity contribution in [2.45, 2.75) is 6.54 Å². The molecule has 0 aliphatic carbocycles. The summed E-state index contributed by atoms with van der Waals surface area (Å²) in [6.45, 7) is 1.03. The summed E-state index contributed by atoms with van der Waals surface area (Å²) < 4.78 is 14.9. The molecule has 1 amide bonds. The fraction of sp³-hybridized carbons (Fsp3) is 0.154. The molecule has 2 N–H and O–H groups in total. The summed E-state index contributed by atoms with van der Waals surface area (Å²) in [6, 6.07) is 7.06. The molecule has 2 aromatic rings. The number of phenols is 1. The van der Waals surface area contributed by atoms with Gasteiger partial charge in [0.2, 0.25) is 0 Å². The van der Waals surface area contributed by atoms with Gasteiger partial charge in [-0.2, -0.15) is 0 Å². The lowest BCUT2D eigenvalue weighted by molar-refractivity contribution is 0.0949. The van der Waals surface area contributed by atoms with Crippen LogP contribution in [-0.2, 0) is 6.54 Å². The van der Waals surface area contributed by atoms with Gasteiger partial charge in [0, 0.05) is 25.5 Å². The van der Waals surface area contributed by atoms with Gasteiger partial charge in [-0.3, -0.25) is 4.79 Å². The zero-order chi connectivity index (χ0) is 13.0. The number of rotatable bonds is 4. The van der Waals surface area contributed by atoms with Crippen LogP contribution in [0.5, 0.6) is 5.75 Å². The van der Waals surface area contributed by atoms with Crippen molar-refractivity contribution < 1.29 is 14.3 Å². The number of aromatic hydroxyl groups is 1. The number of carbonyl (C=O) groups excluding carboxylic acids is 1. The van der Waals surface area contributed by atoms with Gasteiger partial charge in [0.05, 0.1) is 5.56 Å². The molecule has 0 fully saturated rings. The smallest absolute Gasteiger partial charge is 0.255 e. The fourth-order valence-corrected chi connectivity index (χ4v) is 1.60. The van der Waals surface area contributed by atoms with Crippen molar-refractivity contribution >= 4 is 5.91 Å². The molecule has 0 saturated carbocycles. The quantitative estimate of drug-likeness (QED) is 0.866. The molecule has 1 aromatic carbocycles. The van der Waals surface area contributed by atoms with Crippen LogP contribution >= 0.6 is 0 Å². The van der Waals surface area contributed by atoms with E-state index in [2.05, 4.69) is 5.32 Å². The highest BCUT2D eigenvalue weighted by Gasteiger charge is 2.11. The molecular formula is C13H13FN2O2. The van der Waals surface area contributed by atoms with Crippen molar-refractivity contribution in [1.82, 2.24) is 9.88 Å². The summed E-state index contributed by atoms with van der Waals surface area (Å²) in [5, 5.41) is 12.1. The number of aromatic nitrogens is 1. The van der Waals surface area contributed by atoms with Gasteiger partial charge in [-0.25, -0.2) is 4.39 Å². The minimum absolute atomic E-state index is 0.0532. The van der Waals surface area contributed by atoms with Crippen LogP contribution in [0, 0.1) is 5.82 Å². The van der Waals surface area contributed by atoms with Crippen molar-refractivity contribution in [2.24, 2.45) is 0 Å². The minimum Gasteiger partial charge on any atom is -0.507 e. The lowest BCUT2D eigenvalue weighted by Gasteiger charge is -2.07. The zero-order valence-electron chi connectivity index (χ0n) is 9.64. The topological polar surface area (TPSA) is 54.3 Å². The molecule has 0 atom stereocenters. The van der Waals surface area contributed by atoms with E-state index in [9.17, 15) is 14.3 Å². The molecular weight excluding hydrogens is 235 g/mol. The number of hydrogen-bond acceptors (Lipinski definition) is 2. The molecule has 1 heterocycles. The summed E-state index contributed by atoms with van der Waals surface area (Å²) in [5.41, 5.74) is -0.0532. The van der Waals surface area contributed by atoms with E-state index in [1.54, 1.807) is 0 Å². The van der Waals surface area contributed by atoms with Crippen molar-refractivity contribution in [1.29, 1.82) is 0 Å². The van der Waals surface area contributed by atoms with Crippen LogP contribution in [-0.4, -0.2) is 22.1 Å². The standard InChI is InChI=1S/C13H13FN2O2/c14-10-3-4-12(17)11(9-10)13(18)15-5-8-16-6-1-2-7-16/h1-4,6-7,9,17H,5,8H2,(H,15,18). The first-order chi connectivity index (χ1) is 8.66. The largest absolute Gasteiger partial charge is 0.507 e. The Kier molecular flexibility index (Phi) is 3.62. The van der Waals surface area contributed by atoms with Crippen LogP contribution in [0.1, 0.15) is 10.4 Å². The fourth-order valence-electron chi connectivity index (χ4n) is 1.60. The average molecular weight is 248 g/mol. The SMILES string of the molecule is O=C(NCCn1cccc1)c1cc(F)ccc1O. The number of nitrogens with zero attached hydrogens (tertiary/aromatic N) is 1. The van der Waals surface area contributed by atoms with Gasteiger partial charge in [-0.1, -0.05) is 0 Å². The third kappa shape index (κ3) is 2.88. The molecule has 0 saturated heterocycles. The highest BCUT2D eigenvalue weighted by Crippen LogP contribution is 2.17. The molecule has 2 rings (SSSR count). The Morgan fingerprint density at radius 1 is 1.33 bits per heavy atom. The molecule has 0 unspecified atom stereocenters. The first-order valence-electron chi connectivity index (χ1n) is 5.54. The zero-order valence-corrected chi connectivity index (χ0v) is 9.64. The number of benzene rings is 1. The molecule has 5 heteroatoms. The molecule has 0 spiro atoms. The Morgan fingerprint density at radius 2 is 2.06 bits per heavy atom. The molecule has 18 heavy (non-hydrogen) atoms. The predicted octanol–water partition coefficient (Wildman–Crippen LogP) is 1.76. The third-order valence-corrected chi connectivity index (χ3v) is 2.52. The normalized spacial score (nSPS) is 10.3. The van der Waals surface area contributed by atoms with Gasteiger partial charge < -0.3 is 15.0 Å². The summed E-state index contributed by atoms with van der Waals surface area (Å²) in [5.74, 6) is -1.27. The molecule has 94 valence electrons. The van der Waals surface area contributed by atoms with E-state index in [-0.39, 0.29) is 11.3 Å². The Labute approximate surface area is 104 Å². The second-order valence-electron chi connectivity index (χ2n) is 3.84. The molecule has 0 bridgehead atoms. The van der Waals surface area contributed by atoms with E-state index < -0.39 is 11.7 Å². The van der Waals surface area contributed by atoms with Gasteiger partial charge in [0.15, 0.2) is 0 Å². The predicted molar refractivity (Wildman–Crippen MR) is 64.8 cm³/mol. The molecule has 1 aromatic heterocycles. The number of carbonyl (C=O) groups is 1. The van der Waals surface area contributed by atoms with Crippen LogP contribution in [0.3, 0.4) is 0 Å². The first kappa shape index (κ1) is 12.2. The monoisotopic (exact) mass is 248 g/mol. The lowest BCUT2D eigenvalue weighted by Crippen LogP contribution is -2.27. The second kappa shape index (κ2) is 5.35. The van der Waals surface area contributed by atoms with Gasteiger partial charge >= 0.3 is 0 Å². The first-order valence-corrected chi connectivity index (χ1v) is 5.54. The summed E-state index contributed by atoms with van der Waals surface area (Å²) in [4.78, 5) is 11.7. The summed E-state index contributed by atoms with van der Waals surface area (Å²) in [6.07, 6.45) is 3.76. The number of hydrogen-bond donors (Lipinski definition) is 2. The van der Waals surface area contributed by atoms with E-state index in [0.717, 1.165) is 18.2 Å². The van der Waals surface area contributed by atoms with Crippen molar-refractivity contribution in [3.05, 3.63) is 54.1 Å². The van der Waals surface area contributed by atoms with E-state index in [1.165, 1.54) is 0 Å². The number of phenolic OH excluding ortho intramolecular Hbond substituents is 1. The Morgan fingerprint density at radius 3 is 2.78 bits per heavy atom. The van der Waals surface area contributed by atoms with Crippen LogP contribution < -0.4 is 5.32 Å². The summed E-state index contributed by atoms with van der Waals surface area (Å²) in [7, 11) is 0. The highest BCUT2D eigenvalue weighted by molar-refractivity contribution is 5.96. The molecule has 0 radical (unpaired) electrons. The van der Waals surface area contributed by atoms with E-state index in [1.807, 2.05) is 29.1 Å². The number of amides is 1. The van der Waals surface area contributed by atoms with Crippen LogP contribution in [0.15, 0.2) is 42.7 Å². The van der Waals surface area contributed by atoms with Gasteiger partial charge in [0.1, 0.15) is 11.6 Å². The minimum atomic E-state index is -0.552. The third-order valence-electron chi connectivity index (χ3n) is 2.52. The summed E-state index contributed by atoms with van der Waals surface area (Å²) >= 11 is 0. The maximum Gasteiger partial charge on any atom is 0.255 e.